The van der Waals surface area contributed by atoms with Gasteiger partial charge in [0, 0.05) is 12.1 Å². The van der Waals surface area contributed by atoms with Crippen LogP contribution in [-0.4, -0.2) is 19.6 Å². The Balaban J connectivity index is 1.47. The molecular weight excluding hydrogens is 372 g/mol. The Morgan fingerprint density at radius 2 is 1.62 bits per heavy atom. The first-order valence-corrected chi connectivity index (χ1v) is 9.50. The van der Waals surface area contributed by atoms with Crippen LogP contribution >= 0.6 is 0 Å². The summed E-state index contributed by atoms with van der Waals surface area (Å²) in [6.07, 6.45) is 1.83. The van der Waals surface area contributed by atoms with Gasteiger partial charge in [0.1, 0.15) is 5.82 Å². The van der Waals surface area contributed by atoms with Crippen LogP contribution in [0.5, 0.6) is 5.75 Å². The number of benzene rings is 3. The van der Waals surface area contributed by atoms with E-state index < -0.39 is 0 Å². The van der Waals surface area contributed by atoms with Crippen LogP contribution in [0.2, 0.25) is 0 Å². The maximum absolute atomic E-state index is 14.4. The molecule has 3 aromatic carbocycles. The zero-order valence-electron chi connectivity index (χ0n) is 16.3. The fourth-order valence-electron chi connectivity index (χ4n) is 3.11. The molecule has 1 N–H and O–H groups in total. The molecular formula is C24H23F2NO2. The summed E-state index contributed by atoms with van der Waals surface area (Å²) in [5.74, 6) is -0.538. The van der Waals surface area contributed by atoms with Crippen molar-refractivity contribution < 1.29 is 18.3 Å². The summed E-state index contributed by atoms with van der Waals surface area (Å²) in [6.45, 7) is 0.562. The van der Waals surface area contributed by atoms with Gasteiger partial charge in [-0.05, 0) is 47.7 Å². The standard InChI is InChI=1S/C24H23F2NO2/c1-29-22-6-2-5-21(24(22)26)19-11-7-17(8-12-19)4-3-15-27-23(28)16-18-9-13-20(25)14-10-18/h2,5-14H,3-4,15-16H2,1H3,(H,27,28). The molecule has 0 radical (unpaired) electrons. The topological polar surface area (TPSA) is 38.3 Å². The third kappa shape index (κ3) is 5.64. The molecule has 3 aromatic rings. The van der Waals surface area contributed by atoms with E-state index in [1.807, 2.05) is 24.3 Å². The van der Waals surface area contributed by atoms with Crippen molar-refractivity contribution in [2.45, 2.75) is 19.3 Å². The number of carbonyl (C=O) groups excluding carboxylic acids is 1. The SMILES string of the molecule is COc1cccc(-c2ccc(CCCNC(=O)Cc3ccc(F)cc3)cc2)c1F. The molecule has 29 heavy (non-hydrogen) atoms. The van der Waals surface area contributed by atoms with Gasteiger partial charge in [-0.1, -0.05) is 48.5 Å². The molecule has 0 aromatic heterocycles. The summed E-state index contributed by atoms with van der Waals surface area (Å²) < 4.78 is 32.3. The van der Waals surface area contributed by atoms with E-state index >= 15 is 0 Å². The average molecular weight is 395 g/mol. The number of hydrogen-bond acceptors (Lipinski definition) is 2. The fraction of sp³-hybridized carbons (Fsp3) is 0.208. The van der Waals surface area contributed by atoms with E-state index in [0.29, 0.717) is 12.1 Å². The van der Waals surface area contributed by atoms with E-state index in [1.54, 1.807) is 30.3 Å². The lowest BCUT2D eigenvalue weighted by Crippen LogP contribution is -2.26. The Morgan fingerprint density at radius 1 is 0.931 bits per heavy atom. The molecule has 0 aliphatic rings. The minimum absolute atomic E-state index is 0.0829. The fourth-order valence-corrected chi connectivity index (χ4v) is 3.11. The number of rotatable bonds is 8. The molecule has 0 aliphatic carbocycles. The van der Waals surface area contributed by atoms with Gasteiger partial charge >= 0.3 is 0 Å². The van der Waals surface area contributed by atoms with Crippen molar-refractivity contribution in [3.05, 3.63) is 89.5 Å². The van der Waals surface area contributed by atoms with Crippen LogP contribution in [0.25, 0.3) is 11.1 Å². The van der Waals surface area contributed by atoms with Gasteiger partial charge in [-0.15, -0.1) is 0 Å². The lowest BCUT2D eigenvalue weighted by molar-refractivity contribution is -0.120. The summed E-state index contributed by atoms with van der Waals surface area (Å²) >= 11 is 0. The Kier molecular flexibility index (Phi) is 6.95. The van der Waals surface area contributed by atoms with Crippen LogP contribution < -0.4 is 10.1 Å². The highest BCUT2D eigenvalue weighted by Crippen LogP contribution is 2.29. The third-order valence-corrected chi connectivity index (χ3v) is 4.69. The second-order valence-electron chi connectivity index (χ2n) is 6.78. The lowest BCUT2D eigenvalue weighted by Gasteiger charge is -2.09. The highest BCUT2D eigenvalue weighted by atomic mass is 19.1. The molecule has 0 fully saturated rings. The van der Waals surface area contributed by atoms with Gasteiger partial charge < -0.3 is 10.1 Å². The van der Waals surface area contributed by atoms with E-state index in [9.17, 15) is 13.6 Å². The van der Waals surface area contributed by atoms with Gasteiger partial charge in [0.05, 0.1) is 13.5 Å². The number of ether oxygens (including phenoxy) is 1. The molecule has 0 atom stereocenters. The molecule has 0 saturated heterocycles. The predicted octanol–water partition coefficient (Wildman–Crippen LogP) is 4.93. The minimum Gasteiger partial charge on any atom is -0.494 e. The van der Waals surface area contributed by atoms with Crippen LogP contribution in [0, 0.1) is 11.6 Å². The molecule has 1 amide bonds. The molecule has 0 aliphatic heterocycles. The highest BCUT2D eigenvalue weighted by molar-refractivity contribution is 5.78. The smallest absolute Gasteiger partial charge is 0.224 e. The maximum Gasteiger partial charge on any atom is 0.224 e. The van der Waals surface area contributed by atoms with Crippen LogP contribution in [-0.2, 0) is 17.6 Å². The third-order valence-electron chi connectivity index (χ3n) is 4.69. The quantitative estimate of drug-likeness (QED) is 0.549. The molecule has 150 valence electrons. The van der Waals surface area contributed by atoms with E-state index in [1.165, 1.54) is 19.2 Å². The summed E-state index contributed by atoms with van der Waals surface area (Å²) in [6, 6.07) is 18.7. The summed E-state index contributed by atoms with van der Waals surface area (Å²) in [5.41, 5.74) is 3.19. The van der Waals surface area contributed by atoms with Crippen molar-refractivity contribution in [3.8, 4) is 16.9 Å². The van der Waals surface area contributed by atoms with Gasteiger partial charge in [-0.2, -0.15) is 0 Å². The van der Waals surface area contributed by atoms with Gasteiger partial charge in [-0.25, -0.2) is 8.78 Å². The zero-order valence-corrected chi connectivity index (χ0v) is 16.3. The van der Waals surface area contributed by atoms with Crippen molar-refractivity contribution in [1.82, 2.24) is 5.32 Å². The van der Waals surface area contributed by atoms with Gasteiger partial charge in [0.2, 0.25) is 5.91 Å². The number of methoxy groups -OCH3 is 1. The zero-order chi connectivity index (χ0) is 20.6. The molecule has 0 bridgehead atoms. The first-order chi connectivity index (χ1) is 14.1. The maximum atomic E-state index is 14.4. The Bertz CT molecular complexity index is 954. The number of carbonyl (C=O) groups is 1. The predicted molar refractivity (Wildman–Crippen MR) is 110 cm³/mol. The number of halogens is 2. The Morgan fingerprint density at radius 3 is 2.31 bits per heavy atom. The molecule has 0 unspecified atom stereocenters. The Labute approximate surface area is 169 Å². The summed E-state index contributed by atoms with van der Waals surface area (Å²) in [7, 11) is 1.45. The van der Waals surface area contributed by atoms with Crippen molar-refractivity contribution in [2.75, 3.05) is 13.7 Å². The van der Waals surface area contributed by atoms with Gasteiger partial charge in [0.15, 0.2) is 11.6 Å². The monoisotopic (exact) mass is 395 g/mol. The summed E-state index contributed by atoms with van der Waals surface area (Å²) in [4.78, 5) is 11.9. The molecule has 0 saturated carbocycles. The average Bonchev–Trinajstić information content (AvgIpc) is 2.74. The van der Waals surface area contributed by atoms with Crippen molar-refractivity contribution >= 4 is 5.91 Å². The van der Waals surface area contributed by atoms with Gasteiger partial charge in [0.25, 0.3) is 0 Å². The van der Waals surface area contributed by atoms with Crippen molar-refractivity contribution in [3.63, 3.8) is 0 Å². The van der Waals surface area contributed by atoms with Gasteiger partial charge in [-0.3, -0.25) is 4.79 Å². The van der Waals surface area contributed by atoms with Crippen LogP contribution in [0.3, 0.4) is 0 Å². The van der Waals surface area contributed by atoms with E-state index in [4.69, 9.17) is 4.74 Å². The minimum atomic E-state index is -0.369. The van der Waals surface area contributed by atoms with Crippen LogP contribution in [0.1, 0.15) is 17.5 Å². The number of amides is 1. The lowest BCUT2D eigenvalue weighted by atomic mass is 10.0. The van der Waals surface area contributed by atoms with Crippen LogP contribution in [0.4, 0.5) is 8.78 Å². The largest absolute Gasteiger partial charge is 0.494 e. The second-order valence-corrected chi connectivity index (χ2v) is 6.78. The molecule has 0 heterocycles. The highest BCUT2D eigenvalue weighted by Gasteiger charge is 2.10. The van der Waals surface area contributed by atoms with Crippen molar-refractivity contribution in [1.29, 1.82) is 0 Å². The number of nitrogens with one attached hydrogen (secondary N) is 1. The molecule has 5 heteroatoms. The number of aryl methyl sites for hydroxylation is 1. The first-order valence-electron chi connectivity index (χ1n) is 9.50. The molecule has 0 spiro atoms. The van der Waals surface area contributed by atoms with E-state index in [2.05, 4.69) is 5.32 Å². The first kappa shape index (κ1) is 20.5. The van der Waals surface area contributed by atoms with Crippen LogP contribution in [0.15, 0.2) is 66.7 Å². The molecule has 3 nitrogen and oxygen atoms in total. The van der Waals surface area contributed by atoms with Crippen molar-refractivity contribution in [2.24, 2.45) is 0 Å². The summed E-state index contributed by atoms with van der Waals surface area (Å²) in [5, 5.41) is 2.88. The normalized spacial score (nSPS) is 10.6. The number of hydrogen-bond donors (Lipinski definition) is 1. The second kappa shape index (κ2) is 9.82. The van der Waals surface area contributed by atoms with E-state index in [-0.39, 0.29) is 29.7 Å². The Hall–Kier alpha value is -3.21. The molecule has 3 rings (SSSR count). The van der Waals surface area contributed by atoms with E-state index in [0.717, 1.165) is 29.5 Å².